The van der Waals surface area contributed by atoms with Gasteiger partial charge in [-0.25, -0.2) is 0 Å². The predicted octanol–water partition coefficient (Wildman–Crippen LogP) is 2.19. The van der Waals surface area contributed by atoms with E-state index in [0.29, 0.717) is 0 Å². The maximum absolute atomic E-state index is 5.39. The van der Waals surface area contributed by atoms with Crippen LogP contribution in [0, 0.1) is 0 Å². The van der Waals surface area contributed by atoms with Crippen molar-refractivity contribution >= 4 is 11.8 Å². The number of thioether (sulfide) groups is 1. The van der Waals surface area contributed by atoms with E-state index in [0.717, 1.165) is 29.4 Å². The summed E-state index contributed by atoms with van der Waals surface area (Å²) in [5.41, 5.74) is 1.17. The van der Waals surface area contributed by atoms with E-state index in [1.165, 1.54) is 5.56 Å². The Bertz CT molecular complexity index is 342. The van der Waals surface area contributed by atoms with E-state index >= 15 is 0 Å². The molecule has 0 unspecified atom stereocenters. The molecule has 0 saturated heterocycles. The molecule has 0 aromatic heterocycles. The van der Waals surface area contributed by atoms with Crippen molar-refractivity contribution < 1.29 is 9.47 Å². The van der Waals surface area contributed by atoms with Gasteiger partial charge in [0.1, 0.15) is 11.5 Å². The fourth-order valence-corrected chi connectivity index (χ4v) is 2.12. The minimum Gasteiger partial charge on any atom is -0.496 e. The number of likely N-dealkylation sites (N-methyl/N-ethyl adjacent to an activating group) is 1. The molecule has 0 radical (unpaired) electrons. The molecule has 0 bridgehead atoms. The number of methoxy groups -OCH3 is 2. The second kappa shape index (κ2) is 6.66. The van der Waals surface area contributed by atoms with Crippen molar-refractivity contribution in [3.05, 3.63) is 17.7 Å². The molecule has 1 rings (SSSR count). The lowest BCUT2D eigenvalue weighted by Crippen LogP contribution is -2.11. The van der Waals surface area contributed by atoms with Crippen LogP contribution in [-0.2, 0) is 6.42 Å². The highest BCUT2D eigenvalue weighted by atomic mass is 32.2. The molecule has 0 amide bonds. The number of rotatable bonds is 6. The molecule has 0 aliphatic heterocycles. The minimum atomic E-state index is 0.916. The van der Waals surface area contributed by atoms with Crippen molar-refractivity contribution in [2.45, 2.75) is 11.3 Å². The van der Waals surface area contributed by atoms with Crippen LogP contribution in [0.2, 0.25) is 0 Å². The SMILES string of the molecule is CNCCc1cc(OC)c(SC)cc1OC. The molecule has 1 N–H and O–H groups in total. The largest absolute Gasteiger partial charge is 0.496 e. The first-order valence-electron chi connectivity index (χ1n) is 5.20. The predicted molar refractivity (Wildman–Crippen MR) is 69.0 cm³/mol. The molecule has 90 valence electrons. The van der Waals surface area contributed by atoms with E-state index in [1.54, 1.807) is 26.0 Å². The highest BCUT2D eigenvalue weighted by molar-refractivity contribution is 7.98. The Labute approximate surface area is 102 Å². The molecule has 16 heavy (non-hydrogen) atoms. The lowest BCUT2D eigenvalue weighted by atomic mass is 10.1. The van der Waals surface area contributed by atoms with E-state index in [-0.39, 0.29) is 0 Å². The average Bonchev–Trinajstić information content (AvgIpc) is 2.35. The summed E-state index contributed by atoms with van der Waals surface area (Å²) in [6.45, 7) is 0.929. The third-order valence-corrected chi connectivity index (χ3v) is 3.19. The fraction of sp³-hybridized carbons (Fsp3) is 0.500. The summed E-state index contributed by atoms with van der Waals surface area (Å²) in [6.07, 6.45) is 2.97. The molecule has 4 heteroatoms. The van der Waals surface area contributed by atoms with Crippen LogP contribution >= 0.6 is 11.8 Å². The molecule has 0 saturated carbocycles. The Kier molecular flexibility index (Phi) is 5.49. The van der Waals surface area contributed by atoms with Gasteiger partial charge in [-0.05, 0) is 44.0 Å². The molecule has 0 fully saturated rings. The molecule has 0 aliphatic rings. The Morgan fingerprint density at radius 2 is 1.88 bits per heavy atom. The van der Waals surface area contributed by atoms with Crippen molar-refractivity contribution in [1.29, 1.82) is 0 Å². The molecule has 1 aromatic rings. The van der Waals surface area contributed by atoms with Crippen molar-refractivity contribution in [3.63, 3.8) is 0 Å². The van der Waals surface area contributed by atoms with Crippen molar-refractivity contribution in [1.82, 2.24) is 5.32 Å². The topological polar surface area (TPSA) is 30.5 Å². The average molecular weight is 241 g/mol. The number of benzene rings is 1. The summed E-state index contributed by atoms with van der Waals surface area (Å²) in [5, 5.41) is 3.13. The lowest BCUT2D eigenvalue weighted by molar-refractivity contribution is 0.390. The zero-order chi connectivity index (χ0) is 12.0. The smallest absolute Gasteiger partial charge is 0.132 e. The Balaban J connectivity index is 3.05. The Morgan fingerprint density at radius 1 is 1.19 bits per heavy atom. The van der Waals surface area contributed by atoms with E-state index < -0.39 is 0 Å². The molecule has 0 heterocycles. The first kappa shape index (κ1) is 13.2. The van der Waals surface area contributed by atoms with Crippen LogP contribution in [0.15, 0.2) is 17.0 Å². The number of nitrogens with one attached hydrogen (secondary N) is 1. The van der Waals surface area contributed by atoms with Crippen LogP contribution < -0.4 is 14.8 Å². The van der Waals surface area contributed by atoms with Gasteiger partial charge in [0.2, 0.25) is 0 Å². The van der Waals surface area contributed by atoms with Gasteiger partial charge in [0, 0.05) is 0 Å². The highest BCUT2D eigenvalue weighted by Gasteiger charge is 2.10. The van der Waals surface area contributed by atoms with Gasteiger partial charge in [-0.15, -0.1) is 11.8 Å². The molecule has 3 nitrogen and oxygen atoms in total. The van der Waals surface area contributed by atoms with E-state index in [9.17, 15) is 0 Å². The second-order valence-corrected chi connectivity index (χ2v) is 4.22. The normalized spacial score (nSPS) is 10.2. The summed E-state index contributed by atoms with van der Waals surface area (Å²) in [4.78, 5) is 1.10. The van der Waals surface area contributed by atoms with Crippen LogP contribution in [0.1, 0.15) is 5.56 Å². The van der Waals surface area contributed by atoms with Gasteiger partial charge in [0.15, 0.2) is 0 Å². The molecule has 0 atom stereocenters. The fourth-order valence-electron chi connectivity index (χ4n) is 1.55. The zero-order valence-corrected chi connectivity index (χ0v) is 11.1. The summed E-state index contributed by atoms with van der Waals surface area (Å²) in [5.74, 6) is 1.85. The highest BCUT2D eigenvalue weighted by Crippen LogP contribution is 2.34. The van der Waals surface area contributed by atoms with E-state index in [2.05, 4.69) is 11.4 Å². The number of hydrogen-bond donors (Lipinski definition) is 1. The standard InChI is InChI=1S/C12H19NO2S/c1-13-6-5-9-7-11(15-3)12(16-4)8-10(9)14-2/h7-8,13H,5-6H2,1-4H3. The van der Waals surface area contributed by atoms with Crippen LogP contribution in [0.25, 0.3) is 0 Å². The van der Waals surface area contributed by atoms with Crippen molar-refractivity contribution in [3.8, 4) is 11.5 Å². The number of ether oxygens (including phenoxy) is 2. The van der Waals surface area contributed by atoms with Crippen LogP contribution in [0.3, 0.4) is 0 Å². The van der Waals surface area contributed by atoms with Crippen LogP contribution in [0.5, 0.6) is 11.5 Å². The van der Waals surface area contributed by atoms with Gasteiger partial charge >= 0.3 is 0 Å². The quantitative estimate of drug-likeness (QED) is 0.773. The summed E-state index contributed by atoms with van der Waals surface area (Å²) >= 11 is 1.66. The maximum atomic E-state index is 5.39. The maximum Gasteiger partial charge on any atom is 0.132 e. The Morgan fingerprint density at radius 3 is 2.38 bits per heavy atom. The molecule has 1 aromatic carbocycles. The number of hydrogen-bond acceptors (Lipinski definition) is 4. The first-order chi connectivity index (χ1) is 7.76. The molecule has 0 spiro atoms. The van der Waals surface area contributed by atoms with Gasteiger partial charge in [0.25, 0.3) is 0 Å². The lowest BCUT2D eigenvalue weighted by Gasteiger charge is -2.13. The van der Waals surface area contributed by atoms with Crippen molar-refractivity contribution in [2.75, 3.05) is 34.1 Å². The first-order valence-corrected chi connectivity index (χ1v) is 6.42. The van der Waals surface area contributed by atoms with Gasteiger partial charge < -0.3 is 14.8 Å². The second-order valence-electron chi connectivity index (χ2n) is 3.37. The molecular weight excluding hydrogens is 222 g/mol. The van der Waals surface area contributed by atoms with Gasteiger partial charge in [-0.3, -0.25) is 0 Å². The van der Waals surface area contributed by atoms with Gasteiger partial charge in [0.05, 0.1) is 19.1 Å². The summed E-state index contributed by atoms with van der Waals surface area (Å²) in [7, 11) is 5.35. The third-order valence-electron chi connectivity index (χ3n) is 2.43. The molecule has 0 aliphatic carbocycles. The minimum absolute atomic E-state index is 0.916. The monoisotopic (exact) mass is 241 g/mol. The molecular formula is C12H19NO2S. The zero-order valence-electron chi connectivity index (χ0n) is 10.3. The van der Waals surface area contributed by atoms with Gasteiger partial charge in [-0.2, -0.15) is 0 Å². The van der Waals surface area contributed by atoms with Gasteiger partial charge in [-0.1, -0.05) is 0 Å². The van der Waals surface area contributed by atoms with E-state index in [1.807, 2.05) is 19.4 Å². The van der Waals surface area contributed by atoms with Crippen LogP contribution in [0.4, 0.5) is 0 Å². The summed E-state index contributed by atoms with van der Waals surface area (Å²) in [6, 6.07) is 4.09. The van der Waals surface area contributed by atoms with E-state index in [4.69, 9.17) is 9.47 Å². The third kappa shape index (κ3) is 3.06. The summed E-state index contributed by atoms with van der Waals surface area (Å²) < 4.78 is 10.7. The van der Waals surface area contributed by atoms with Crippen molar-refractivity contribution in [2.24, 2.45) is 0 Å². The van der Waals surface area contributed by atoms with Crippen LogP contribution in [-0.4, -0.2) is 34.1 Å². The Hall–Kier alpha value is -0.870.